The standard InChI is InChI=1S/C21H24ClF3N4O2S/c1-21(8-4-9-28(21)2)13-7-10-29(12-13)15-11-14(23)20(19(25)18(15)22)32(30,31)27-17-6-3-5-16(24)26-17/h3,5-6,11,13H,4,7-10,12H2,1-2H3,(H,26,27). The highest BCUT2D eigenvalue weighted by Gasteiger charge is 2.44. The second kappa shape index (κ2) is 8.39. The number of nitrogens with zero attached hydrogens (tertiary/aromatic N) is 3. The van der Waals surface area contributed by atoms with Crippen LogP contribution in [0, 0.1) is 23.5 Å². The second-order valence-corrected chi connectivity index (χ2v) is 10.6. The van der Waals surface area contributed by atoms with Crippen LogP contribution in [0.15, 0.2) is 29.2 Å². The van der Waals surface area contributed by atoms with E-state index < -0.39 is 43.3 Å². The van der Waals surface area contributed by atoms with Crippen LogP contribution in [-0.2, 0) is 10.0 Å². The highest BCUT2D eigenvalue weighted by Crippen LogP contribution is 2.43. The predicted molar refractivity (Wildman–Crippen MR) is 117 cm³/mol. The van der Waals surface area contributed by atoms with E-state index in [1.54, 1.807) is 4.90 Å². The van der Waals surface area contributed by atoms with Gasteiger partial charge in [0, 0.05) is 24.7 Å². The molecular formula is C21H24ClF3N4O2S. The van der Waals surface area contributed by atoms with Gasteiger partial charge >= 0.3 is 0 Å². The van der Waals surface area contributed by atoms with Crippen LogP contribution in [0.5, 0.6) is 0 Å². The zero-order valence-electron chi connectivity index (χ0n) is 17.7. The van der Waals surface area contributed by atoms with Crippen molar-refractivity contribution in [1.82, 2.24) is 9.88 Å². The van der Waals surface area contributed by atoms with Crippen molar-refractivity contribution in [3.8, 4) is 0 Å². The third kappa shape index (κ3) is 4.04. The summed E-state index contributed by atoms with van der Waals surface area (Å²) in [6.07, 6.45) is 3.00. The summed E-state index contributed by atoms with van der Waals surface area (Å²) >= 11 is 6.19. The van der Waals surface area contributed by atoms with Crippen LogP contribution >= 0.6 is 11.6 Å². The topological polar surface area (TPSA) is 65.5 Å². The van der Waals surface area contributed by atoms with Crippen LogP contribution < -0.4 is 9.62 Å². The number of pyridine rings is 1. The zero-order chi connectivity index (χ0) is 23.3. The van der Waals surface area contributed by atoms with E-state index in [1.165, 1.54) is 6.07 Å². The number of rotatable bonds is 5. The maximum absolute atomic E-state index is 15.1. The smallest absolute Gasteiger partial charge is 0.268 e. The Morgan fingerprint density at radius 2 is 2.00 bits per heavy atom. The van der Waals surface area contributed by atoms with Gasteiger partial charge in [0.25, 0.3) is 10.0 Å². The first-order chi connectivity index (χ1) is 15.0. The Hall–Kier alpha value is -2.04. The monoisotopic (exact) mass is 488 g/mol. The van der Waals surface area contributed by atoms with Gasteiger partial charge in [-0.2, -0.15) is 4.39 Å². The van der Waals surface area contributed by atoms with Crippen LogP contribution in [0.3, 0.4) is 0 Å². The molecule has 1 N–H and O–H groups in total. The lowest BCUT2D eigenvalue weighted by Crippen LogP contribution is -2.46. The molecule has 0 spiro atoms. The molecule has 11 heteroatoms. The number of halogens is 4. The maximum Gasteiger partial charge on any atom is 0.268 e. The van der Waals surface area contributed by atoms with Crippen molar-refractivity contribution in [2.24, 2.45) is 5.92 Å². The van der Waals surface area contributed by atoms with Gasteiger partial charge in [-0.25, -0.2) is 22.2 Å². The first-order valence-corrected chi connectivity index (χ1v) is 12.2. The first kappa shape index (κ1) is 23.1. The molecule has 2 unspecified atom stereocenters. The summed E-state index contributed by atoms with van der Waals surface area (Å²) in [7, 11) is -2.65. The Morgan fingerprint density at radius 1 is 1.25 bits per heavy atom. The van der Waals surface area contributed by atoms with E-state index in [0.29, 0.717) is 19.0 Å². The molecule has 0 radical (unpaired) electrons. The molecule has 174 valence electrons. The molecule has 1 aromatic heterocycles. The van der Waals surface area contributed by atoms with Gasteiger partial charge in [0.15, 0.2) is 10.7 Å². The summed E-state index contributed by atoms with van der Waals surface area (Å²) in [5.74, 6) is -3.72. The normalized spacial score (nSPS) is 24.3. The highest BCUT2D eigenvalue weighted by molar-refractivity contribution is 7.92. The van der Waals surface area contributed by atoms with Gasteiger partial charge in [-0.15, -0.1) is 0 Å². The predicted octanol–water partition coefficient (Wildman–Crippen LogP) is 4.26. The lowest BCUT2D eigenvalue weighted by molar-refractivity contribution is 0.127. The van der Waals surface area contributed by atoms with Gasteiger partial charge in [0.05, 0.1) is 5.69 Å². The summed E-state index contributed by atoms with van der Waals surface area (Å²) in [5, 5.41) is -0.468. The fraction of sp³-hybridized carbons (Fsp3) is 0.476. The molecule has 32 heavy (non-hydrogen) atoms. The van der Waals surface area contributed by atoms with Crippen molar-refractivity contribution < 1.29 is 21.6 Å². The van der Waals surface area contributed by atoms with E-state index in [0.717, 1.165) is 44.0 Å². The van der Waals surface area contributed by atoms with Crippen LogP contribution in [0.25, 0.3) is 0 Å². The van der Waals surface area contributed by atoms with Crippen LogP contribution in [0.2, 0.25) is 5.02 Å². The van der Waals surface area contributed by atoms with Crippen molar-refractivity contribution in [3.63, 3.8) is 0 Å². The number of hydrogen-bond donors (Lipinski definition) is 1. The molecule has 3 heterocycles. The molecule has 0 amide bonds. The summed E-state index contributed by atoms with van der Waals surface area (Å²) < 4.78 is 70.4. The third-order valence-corrected chi connectivity index (χ3v) is 8.53. The number of sulfonamides is 1. The number of nitrogens with one attached hydrogen (secondary N) is 1. The van der Waals surface area contributed by atoms with Gasteiger partial charge in [-0.05, 0) is 57.8 Å². The average molecular weight is 489 g/mol. The molecule has 0 aliphatic carbocycles. The Labute approximate surface area is 190 Å². The summed E-state index contributed by atoms with van der Waals surface area (Å²) in [5.41, 5.74) is 0.125. The number of anilines is 2. The van der Waals surface area contributed by atoms with Crippen molar-refractivity contribution in [2.45, 2.75) is 36.6 Å². The Kier molecular flexibility index (Phi) is 6.06. The molecule has 2 aromatic rings. The van der Waals surface area contributed by atoms with E-state index in [2.05, 4.69) is 23.9 Å². The molecule has 2 aliphatic heterocycles. The minimum Gasteiger partial charge on any atom is -0.370 e. The number of hydrogen-bond acceptors (Lipinski definition) is 5. The minimum absolute atomic E-state index is 0.00345. The molecule has 6 nitrogen and oxygen atoms in total. The van der Waals surface area contributed by atoms with Crippen LogP contribution in [0.4, 0.5) is 24.7 Å². The summed E-state index contributed by atoms with van der Waals surface area (Å²) in [6.45, 7) is 4.34. The lowest BCUT2D eigenvalue weighted by atomic mass is 9.83. The maximum atomic E-state index is 15.1. The van der Waals surface area contributed by atoms with E-state index in [-0.39, 0.29) is 11.2 Å². The van der Waals surface area contributed by atoms with E-state index in [4.69, 9.17) is 11.6 Å². The van der Waals surface area contributed by atoms with Crippen molar-refractivity contribution in [3.05, 3.63) is 46.9 Å². The van der Waals surface area contributed by atoms with Crippen molar-refractivity contribution in [1.29, 1.82) is 0 Å². The molecule has 2 fully saturated rings. The molecule has 1 aromatic carbocycles. The molecular weight excluding hydrogens is 465 g/mol. The van der Waals surface area contributed by atoms with Crippen LogP contribution in [0.1, 0.15) is 26.2 Å². The number of benzene rings is 1. The van der Waals surface area contributed by atoms with Crippen molar-refractivity contribution >= 4 is 33.1 Å². The molecule has 2 aliphatic rings. The van der Waals surface area contributed by atoms with Gasteiger partial charge in [-0.3, -0.25) is 4.72 Å². The Bertz CT molecular complexity index is 1150. The minimum atomic E-state index is -4.73. The summed E-state index contributed by atoms with van der Waals surface area (Å²) in [6, 6.07) is 4.34. The fourth-order valence-corrected chi connectivity index (χ4v) is 6.29. The Balaban J connectivity index is 1.62. The van der Waals surface area contributed by atoms with E-state index >= 15 is 4.39 Å². The van der Waals surface area contributed by atoms with Gasteiger partial charge < -0.3 is 9.80 Å². The molecule has 0 bridgehead atoms. The average Bonchev–Trinajstić information content (AvgIpc) is 3.32. The third-order valence-electron chi connectivity index (χ3n) is 6.78. The zero-order valence-corrected chi connectivity index (χ0v) is 19.3. The fourth-order valence-electron chi connectivity index (χ4n) is 4.82. The van der Waals surface area contributed by atoms with Crippen LogP contribution in [-0.4, -0.2) is 50.5 Å². The van der Waals surface area contributed by atoms with Gasteiger partial charge in [0.1, 0.15) is 16.7 Å². The quantitative estimate of drug-likeness (QED) is 0.503. The molecule has 4 rings (SSSR count). The SMILES string of the molecule is CN1CCCC1(C)C1CCN(c2cc(F)c(S(=O)(=O)Nc3cccc(F)n3)c(F)c2Cl)C1. The first-order valence-electron chi connectivity index (χ1n) is 10.3. The van der Waals surface area contributed by atoms with Gasteiger partial charge in [-0.1, -0.05) is 17.7 Å². The van der Waals surface area contributed by atoms with Gasteiger partial charge in [0.2, 0.25) is 5.95 Å². The number of likely N-dealkylation sites (tertiary alicyclic amines) is 1. The molecule has 0 saturated carbocycles. The van der Waals surface area contributed by atoms with Crippen molar-refractivity contribution in [2.75, 3.05) is 36.3 Å². The Morgan fingerprint density at radius 3 is 2.66 bits per heavy atom. The highest BCUT2D eigenvalue weighted by atomic mass is 35.5. The molecule has 2 atom stereocenters. The number of aromatic nitrogens is 1. The molecule has 2 saturated heterocycles. The lowest BCUT2D eigenvalue weighted by Gasteiger charge is -2.38. The largest absolute Gasteiger partial charge is 0.370 e. The summed E-state index contributed by atoms with van der Waals surface area (Å²) in [4.78, 5) is 6.26. The second-order valence-electron chi connectivity index (χ2n) is 8.60. The van der Waals surface area contributed by atoms with E-state index in [1.807, 2.05) is 4.72 Å². The van der Waals surface area contributed by atoms with E-state index in [9.17, 15) is 17.2 Å².